The van der Waals surface area contributed by atoms with Crippen LogP contribution in [-0.4, -0.2) is 20.8 Å². The number of hydrogen-bond donors (Lipinski definition) is 1. The van der Waals surface area contributed by atoms with Crippen molar-refractivity contribution in [3.05, 3.63) is 41.5 Å². The molecule has 2 aromatic rings. The molecule has 0 spiro atoms. The molecule has 0 saturated heterocycles. The molecule has 0 bridgehead atoms. The van der Waals surface area contributed by atoms with E-state index in [4.69, 9.17) is 5.26 Å². The Morgan fingerprint density at radius 3 is 2.81 bits per heavy atom. The molecule has 2 aliphatic rings. The van der Waals surface area contributed by atoms with E-state index >= 15 is 0 Å². The minimum Gasteiger partial charge on any atom is -0.382 e. The topological polar surface area (TPSA) is 66.5 Å². The number of rotatable bonds is 4. The van der Waals surface area contributed by atoms with Crippen molar-refractivity contribution in [2.24, 2.45) is 5.92 Å². The van der Waals surface area contributed by atoms with Gasteiger partial charge in [0.25, 0.3) is 0 Å². The van der Waals surface area contributed by atoms with Crippen molar-refractivity contribution in [1.82, 2.24) is 14.8 Å². The van der Waals surface area contributed by atoms with E-state index in [2.05, 4.69) is 50.4 Å². The van der Waals surface area contributed by atoms with Gasteiger partial charge in [0.05, 0.1) is 6.07 Å². The molecule has 26 heavy (non-hydrogen) atoms. The van der Waals surface area contributed by atoms with E-state index in [1.807, 2.05) is 0 Å². The molecule has 1 saturated carbocycles. The largest absolute Gasteiger partial charge is 0.382 e. The van der Waals surface area contributed by atoms with Gasteiger partial charge in [-0.05, 0) is 49.8 Å². The van der Waals surface area contributed by atoms with Crippen molar-refractivity contribution in [2.45, 2.75) is 70.4 Å². The predicted molar refractivity (Wildman–Crippen MR) is 102 cm³/mol. The van der Waals surface area contributed by atoms with Crippen LogP contribution in [0.2, 0.25) is 0 Å². The molecule has 1 fully saturated rings. The van der Waals surface area contributed by atoms with Gasteiger partial charge >= 0.3 is 0 Å². The second kappa shape index (κ2) is 7.90. The van der Waals surface area contributed by atoms with Crippen LogP contribution in [0, 0.1) is 17.2 Å². The van der Waals surface area contributed by atoms with E-state index in [1.165, 1.54) is 24.8 Å². The fourth-order valence-electron chi connectivity index (χ4n) is 4.25. The number of aromatic nitrogens is 3. The van der Waals surface area contributed by atoms with Crippen molar-refractivity contribution in [1.29, 1.82) is 5.26 Å². The highest BCUT2D eigenvalue weighted by Crippen LogP contribution is 2.26. The Kier molecular flexibility index (Phi) is 5.19. The molecular formula is C21H27N5. The van der Waals surface area contributed by atoms with Gasteiger partial charge in [-0.25, -0.2) is 0 Å². The molecule has 5 heteroatoms. The maximum absolute atomic E-state index is 9.14. The van der Waals surface area contributed by atoms with E-state index < -0.39 is 0 Å². The van der Waals surface area contributed by atoms with Crippen LogP contribution in [0.15, 0.2) is 24.3 Å². The first-order chi connectivity index (χ1) is 12.8. The Hall–Kier alpha value is -2.35. The average Bonchev–Trinajstić information content (AvgIpc) is 2.90. The normalized spacial score (nSPS) is 22.9. The van der Waals surface area contributed by atoms with Crippen LogP contribution in [0.1, 0.15) is 62.2 Å². The molecule has 1 aromatic heterocycles. The van der Waals surface area contributed by atoms with Crippen molar-refractivity contribution in [3.63, 3.8) is 0 Å². The number of benzene rings is 1. The van der Waals surface area contributed by atoms with Crippen LogP contribution >= 0.6 is 0 Å². The molecule has 1 N–H and O–H groups in total. The van der Waals surface area contributed by atoms with Gasteiger partial charge in [-0.3, -0.25) is 0 Å². The summed E-state index contributed by atoms with van der Waals surface area (Å²) in [6.07, 6.45) is 9.96. The van der Waals surface area contributed by atoms with E-state index in [0.29, 0.717) is 6.04 Å². The number of fused-ring (bicyclic) bond motifs is 1. The van der Waals surface area contributed by atoms with Gasteiger partial charge in [-0.15, -0.1) is 10.2 Å². The Morgan fingerprint density at radius 2 is 1.96 bits per heavy atom. The fourth-order valence-corrected chi connectivity index (χ4v) is 4.25. The van der Waals surface area contributed by atoms with Crippen LogP contribution < -0.4 is 5.32 Å². The maximum Gasteiger partial charge on any atom is 0.137 e. The van der Waals surface area contributed by atoms with Gasteiger partial charge in [-0.1, -0.05) is 25.0 Å². The Bertz CT molecular complexity index is 771. The molecule has 2 heterocycles. The monoisotopic (exact) mass is 349 g/mol. The van der Waals surface area contributed by atoms with Gasteiger partial charge in [0, 0.05) is 37.0 Å². The molecule has 1 aliphatic carbocycles. The molecule has 2 atom stereocenters. The van der Waals surface area contributed by atoms with E-state index in [1.54, 1.807) is 0 Å². The Labute approximate surface area is 155 Å². The summed E-state index contributed by atoms with van der Waals surface area (Å²) in [5.41, 5.74) is 2.42. The van der Waals surface area contributed by atoms with Crippen LogP contribution in [0.3, 0.4) is 0 Å². The minimum atomic E-state index is 0.212. The molecule has 136 valence electrons. The first kappa shape index (κ1) is 17.1. The van der Waals surface area contributed by atoms with Gasteiger partial charge in [0.15, 0.2) is 0 Å². The average molecular weight is 349 g/mol. The van der Waals surface area contributed by atoms with Crippen molar-refractivity contribution >= 4 is 5.69 Å². The molecule has 0 radical (unpaired) electrons. The molecule has 0 unspecified atom stereocenters. The minimum absolute atomic E-state index is 0.212. The SMILES string of the molecule is N#C[C@@H]1CCC[C@H](Nc2ccc(Cc3nnc4n3CCCCC4)cc2)C1. The van der Waals surface area contributed by atoms with Crippen LogP contribution in [0.4, 0.5) is 5.69 Å². The lowest BCUT2D eigenvalue weighted by atomic mass is 9.86. The second-order valence-corrected chi connectivity index (χ2v) is 7.70. The predicted octanol–water partition coefficient (Wildman–Crippen LogP) is 4.09. The first-order valence-electron chi connectivity index (χ1n) is 9.98. The maximum atomic E-state index is 9.14. The van der Waals surface area contributed by atoms with E-state index in [-0.39, 0.29) is 5.92 Å². The summed E-state index contributed by atoms with van der Waals surface area (Å²) in [4.78, 5) is 0. The Balaban J connectivity index is 1.39. The van der Waals surface area contributed by atoms with Gasteiger partial charge in [0.2, 0.25) is 0 Å². The highest BCUT2D eigenvalue weighted by Gasteiger charge is 2.21. The zero-order valence-electron chi connectivity index (χ0n) is 15.3. The summed E-state index contributed by atoms with van der Waals surface area (Å²) in [7, 11) is 0. The zero-order chi connectivity index (χ0) is 17.8. The summed E-state index contributed by atoms with van der Waals surface area (Å²) < 4.78 is 2.32. The lowest BCUT2D eigenvalue weighted by Crippen LogP contribution is -2.26. The fraction of sp³-hybridized carbons (Fsp3) is 0.571. The third kappa shape index (κ3) is 3.90. The lowest BCUT2D eigenvalue weighted by molar-refractivity contribution is 0.395. The van der Waals surface area contributed by atoms with Crippen molar-refractivity contribution in [3.8, 4) is 6.07 Å². The van der Waals surface area contributed by atoms with E-state index in [0.717, 1.165) is 62.4 Å². The lowest BCUT2D eigenvalue weighted by Gasteiger charge is -2.27. The number of nitriles is 1. The van der Waals surface area contributed by atoms with Crippen LogP contribution in [0.25, 0.3) is 0 Å². The van der Waals surface area contributed by atoms with Crippen molar-refractivity contribution in [2.75, 3.05) is 5.32 Å². The number of nitrogens with zero attached hydrogens (tertiary/aromatic N) is 4. The number of aryl methyl sites for hydroxylation is 1. The number of hydrogen-bond acceptors (Lipinski definition) is 4. The molecule has 1 aromatic carbocycles. The zero-order valence-corrected chi connectivity index (χ0v) is 15.3. The highest BCUT2D eigenvalue weighted by molar-refractivity contribution is 5.46. The Morgan fingerprint density at radius 1 is 1.08 bits per heavy atom. The quantitative estimate of drug-likeness (QED) is 0.903. The third-order valence-corrected chi connectivity index (χ3v) is 5.73. The molecule has 1 aliphatic heterocycles. The third-order valence-electron chi connectivity index (χ3n) is 5.73. The van der Waals surface area contributed by atoms with Crippen LogP contribution in [0.5, 0.6) is 0 Å². The summed E-state index contributed by atoms with van der Waals surface area (Å²) in [5.74, 6) is 2.45. The smallest absolute Gasteiger partial charge is 0.137 e. The van der Waals surface area contributed by atoms with Crippen molar-refractivity contribution < 1.29 is 0 Å². The summed E-state index contributed by atoms with van der Waals surface area (Å²) in [6.45, 7) is 1.05. The van der Waals surface area contributed by atoms with Gasteiger partial charge in [0.1, 0.15) is 11.6 Å². The van der Waals surface area contributed by atoms with Crippen LogP contribution in [-0.2, 0) is 19.4 Å². The molecular weight excluding hydrogens is 322 g/mol. The van der Waals surface area contributed by atoms with Gasteiger partial charge < -0.3 is 9.88 Å². The standard InChI is InChI=1S/C21H27N5/c22-15-17-5-4-6-19(13-17)23-18-10-8-16(9-11-18)14-21-25-24-20-7-2-1-3-12-26(20)21/h8-11,17,19,23H,1-7,12-14H2/t17-,19+/m1/s1. The summed E-state index contributed by atoms with van der Waals surface area (Å²) >= 11 is 0. The number of nitrogens with one attached hydrogen (secondary N) is 1. The summed E-state index contributed by atoms with van der Waals surface area (Å²) in [5, 5.41) is 21.6. The van der Waals surface area contributed by atoms with Gasteiger partial charge in [-0.2, -0.15) is 5.26 Å². The number of anilines is 1. The first-order valence-corrected chi connectivity index (χ1v) is 9.98. The second-order valence-electron chi connectivity index (χ2n) is 7.70. The summed E-state index contributed by atoms with van der Waals surface area (Å²) in [6, 6.07) is 11.5. The highest BCUT2D eigenvalue weighted by atomic mass is 15.3. The van der Waals surface area contributed by atoms with E-state index in [9.17, 15) is 0 Å². The molecule has 0 amide bonds. The molecule has 5 nitrogen and oxygen atoms in total. The molecule has 4 rings (SSSR count).